The molecule has 0 N–H and O–H groups in total. The van der Waals surface area contributed by atoms with E-state index in [9.17, 15) is 0 Å². The van der Waals surface area contributed by atoms with Crippen molar-refractivity contribution in [2.45, 2.75) is 0 Å². The fourth-order valence-corrected chi connectivity index (χ4v) is 7.30. The lowest BCUT2D eigenvalue weighted by molar-refractivity contribution is 1.10. The van der Waals surface area contributed by atoms with E-state index in [2.05, 4.69) is 162 Å². The van der Waals surface area contributed by atoms with Gasteiger partial charge in [0.2, 0.25) is 0 Å². The minimum Gasteiger partial charge on any atom is -0.292 e. The maximum Gasteiger partial charge on any atom is 0.145 e. The first-order chi connectivity index (χ1) is 25.3. The van der Waals surface area contributed by atoms with Gasteiger partial charge in [0.1, 0.15) is 5.82 Å². The molecule has 0 amide bonds. The number of para-hydroxylation sites is 2. The van der Waals surface area contributed by atoms with Crippen molar-refractivity contribution in [3.8, 4) is 50.7 Å². The molecule has 4 nitrogen and oxygen atoms in total. The summed E-state index contributed by atoms with van der Waals surface area (Å²) in [6.07, 6.45) is 0. The zero-order valence-electron chi connectivity index (χ0n) is 27.6. The summed E-state index contributed by atoms with van der Waals surface area (Å²) in [5.74, 6) is 0.929. The normalized spacial score (nSPS) is 11.5. The topological polar surface area (TPSA) is 43.6 Å². The van der Waals surface area contributed by atoms with Crippen molar-refractivity contribution in [3.63, 3.8) is 0 Å². The molecule has 0 saturated carbocycles. The van der Waals surface area contributed by atoms with Gasteiger partial charge in [0, 0.05) is 38.5 Å². The number of aromatic nitrogens is 4. The van der Waals surface area contributed by atoms with Crippen molar-refractivity contribution in [1.29, 1.82) is 0 Å². The lowest BCUT2D eigenvalue weighted by Crippen LogP contribution is -1.97. The summed E-state index contributed by atoms with van der Waals surface area (Å²) in [6.45, 7) is 0. The highest BCUT2D eigenvalue weighted by molar-refractivity contribution is 6.20. The fraction of sp³-hybridized carbons (Fsp3) is 0. The molecule has 238 valence electrons. The van der Waals surface area contributed by atoms with Crippen LogP contribution in [0.25, 0.3) is 94.3 Å². The molecule has 0 radical (unpaired) electrons. The van der Waals surface area contributed by atoms with Gasteiger partial charge in [-0.05, 0) is 59.0 Å². The van der Waals surface area contributed by atoms with Crippen molar-refractivity contribution < 1.29 is 0 Å². The summed E-state index contributed by atoms with van der Waals surface area (Å²) in [4.78, 5) is 15.6. The van der Waals surface area contributed by atoms with Gasteiger partial charge in [-0.25, -0.2) is 15.0 Å². The fourth-order valence-electron chi connectivity index (χ4n) is 7.30. The molecule has 51 heavy (non-hydrogen) atoms. The van der Waals surface area contributed by atoms with E-state index < -0.39 is 0 Å². The van der Waals surface area contributed by atoms with Crippen LogP contribution in [0.5, 0.6) is 0 Å². The summed E-state index contributed by atoms with van der Waals surface area (Å²) in [7, 11) is 0. The Morgan fingerprint density at radius 1 is 0.392 bits per heavy atom. The van der Waals surface area contributed by atoms with Crippen LogP contribution in [0.2, 0.25) is 0 Å². The van der Waals surface area contributed by atoms with Crippen LogP contribution >= 0.6 is 0 Å². The standard InChI is InChI=1S/C47H30N4/c1-4-12-32(13-5-1)40-28-23-34-22-27-38-39-30-36(24-29-41(39)49-45(44(38)46(34)48-40)33-14-6-2-7-15-33)31-20-25-37(26-21-31)51-43-19-11-10-18-42(43)50-47(51)35-16-8-3-9-17-35/h1-30H. The van der Waals surface area contributed by atoms with Crippen molar-refractivity contribution in [3.05, 3.63) is 182 Å². The third kappa shape index (κ3) is 4.96. The molecule has 10 rings (SSSR count). The van der Waals surface area contributed by atoms with Crippen LogP contribution in [0, 0.1) is 0 Å². The van der Waals surface area contributed by atoms with Gasteiger partial charge in [-0.3, -0.25) is 4.57 Å². The number of fused-ring (bicyclic) bond motifs is 6. The van der Waals surface area contributed by atoms with Crippen LogP contribution < -0.4 is 0 Å². The Labute approximate surface area is 295 Å². The largest absolute Gasteiger partial charge is 0.292 e. The molecule has 3 aromatic heterocycles. The maximum atomic E-state index is 5.33. The Hall–Kier alpha value is -6.91. The number of hydrogen-bond donors (Lipinski definition) is 0. The van der Waals surface area contributed by atoms with Gasteiger partial charge in [0.25, 0.3) is 0 Å². The molecular weight excluding hydrogens is 621 g/mol. The highest BCUT2D eigenvalue weighted by Gasteiger charge is 2.17. The first-order valence-electron chi connectivity index (χ1n) is 17.2. The second-order valence-electron chi connectivity index (χ2n) is 12.9. The molecule has 0 bridgehead atoms. The SMILES string of the molecule is c1ccc(-c2ccc3ccc4c5cc(-c6ccc(-n7c(-c8ccccc8)nc8ccccc87)cc6)ccc5nc(-c5ccccc5)c4c3n2)cc1. The van der Waals surface area contributed by atoms with Gasteiger partial charge in [-0.1, -0.05) is 140 Å². The Morgan fingerprint density at radius 3 is 1.80 bits per heavy atom. The molecule has 0 aliphatic heterocycles. The summed E-state index contributed by atoms with van der Waals surface area (Å²) < 4.78 is 2.25. The monoisotopic (exact) mass is 650 g/mol. The number of nitrogens with zero attached hydrogens (tertiary/aromatic N) is 4. The molecule has 3 heterocycles. The Kier molecular flexibility index (Phi) is 6.78. The minimum atomic E-state index is 0.929. The van der Waals surface area contributed by atoms with Gasteiger partial charge < -0.3 is 0 Å². The molecule has 0 spiro atoms. The first kappa shape index (κ1) is 29.0. The van der Waals surface area contributed by atoms with E-state index in [1.807, 2.05) is 24.3 Å². The molecule has 0 atom stereocenters. The summed E-state index contributed by atoms with van der Waals surface area (Å²) in [5.41, 5.74) is 12.5. The molecule has 0 aliphatic carbocycles. The van der Waals surface area contributed by atoms with Crippen LogP contribution in [0.3, 0.4) is 0 Å². The minimum absolute atomic E-state index is 0.929. The summed E-state index contributed by atoms with van der Waals surface area (Å²) >= 11 is 0. The molecular formula is C47H30N4. The second kappa shape index (κ2) is 11.9. The van der Waals surface area contributed by atoms with Crippen LogP contribution in [0.15, 0.2) is 182 Å². The van der Waals surface area contributed by atoms with E-state index in [0.717, 1.165) is 94.3 Å². The molecule has 0 aliphatic rings. The third-order valence-electron chi connectivity index (χ3n) is 9.79. The Morgan fingerprint density at radius 2 is 1.04 bits per heavy atom. The summed E-state index contributed by atoms with van der Waals surface area (Å²) in [5, 5.41) is 4.40. The molecule has 10 aromatic rings. The van der Waals surface area contributed by atoms with Crippen LogP contribution in [-0.2, 0) is 0 Å². The molecule has 0 saturated heterocycles. The van der Waals surface area contributed by atoms with Gasteiger partial charge in [-0.15, -0.1) is 0 Å². The molecule has 4 heteroatoms. The predicted molar refractivity (Wildman–Crippen MR) is 211 cm³/mol. The average Bonchev–Trinajstić information content (AvgIpc) is 3.61. The number of imidazole rings is 1. The second-order valence-corrected chi connectivity index (χ2v) is 12.9. The Bertz CT molecular complexity index is 2880. The van der Waals surface area contributed by atoms with E-state index in [1.165, 1.54) is 0 Å². The first-order valence-corrected chi connectivity index (χ1v) is 17.2. The smallest absolute Gasteiger partial charge is 0.145 e. The van der Waals surface area contributed by atoms with Crippen molar-refractivity contribution in [2.75, 3.05) is 0 Å². The number of rotatable bonds is 5. The van der Waals surface area contributed by atoms with Gasteiger partial charge in [-0.2, -0.15) is 0 Å². The van der Waals surface area contributed by atoms with Crippen LogP contribution in [0.1, 0.15) is 0 Å². The van der Waals surface area contributed by atoms with E-state index in [0.29, 0.717) is 0 Å². The highest BCUT2D eigenvalue weighted by Crippen LogP contribution is 2.39. The van der Waals surface area contributed by atoms with Crippen molar-refractivity contribution >= 4 is 43.6 Å². The van der Waals surface area contributed by atoms with Gasteiger partial charge in [0.15, 0.2) is 0 Å². The zero-order valence-corrected chi connectivity index (χ0v) is 27.6. The van der Waals surface area contributed by atoms with Crippen LogP contribution in [-0.4, -0.2) is 19.5 Å². The van der Waals surface area contributed by atoms with E-state index in [4.69, 9.17) is 15.0 Å². The van der Waals surface area contributed by atoms with Gasteiger partial charge >= 0.3 is 0 Å². The zero-order chi connectivity index (χ0) is 33.7. The Balaban J connectivity index is 1.14. The third-order valence-corrected chi connectivity index (χ3v) is 9.79. The summed E-state index contributed by atoms with van der Waals surface area (Å²) in [6, 6.07) is 63.7. The quantitative estimate of drug-likeness (QED) is 0.174. The highest BCUT2D eigenvalue weighted by atomic mass is 15.1. The number of pyridine rings is 2. The van der Waals surface area contributed by atoms with E-state index >= 15 is 0 Å². The predicted octanol–water partition coefficient (Wildman–Crippen LogP) is 11.9. The average molecular weight is 651 g/mol. The maximum absolute atomic E-state index is 5.33. The van der Waals surface area contributed by atoms with E-state index in [-0.39, 0.29) is 0 Å². The van der Waals surface area contributed by atoms with Gasteiger partial charge in [0.05, 0.1) is 33.5 Å². The lowest BCUT2D eigenvalue weighted by atomic mass is 9.95. The lowest BCUT2D eigenvalue weighted by Gasteiger charge is -2.14. The van der Waals surface area contributed by atoms with Crippen molar-refractivity contribution in [2.24, 2.45) is 0 Å². The molecule has 7 aromatic carbocycles. The van der Waals surface area contributed by atoms with Crippen LogP contribution in [0.4, 0.5) is 0 Å². The number of hydrogen-bond acceptors (Lipinski definition) is 3. The number of benzene rings is 7. The van der Waals surface area contributed by atoms with Crippen molar-refractivity contribution in [1.82, 2.24) is 19.5 Å². The molecule has 0 unspecified atom stereocenters. The van der Waals surface area contributed by atoms with E-state index in [1.54, 1.807) is 0 Å². The molecule has 0 fully saturated rings.